The van der Waals surface area contributed by atoms with Gasteiger partial charge in [0.1, 0.15) is 0 Å². The second-order valence-electron chi connectivity index (χ2n) is 8.52. The minimum atomic E-state index is 0.236. The standard InChI is InChI=1S/C17H26N2/c1-15(2,3)10-11-9-12-13-7-8-17(6,16(13,4)5)14(12)19-18-11/h9,13H,7-8,10H2,1-6H3/t13-,17+/m0/s1. The van der Waals surface area contributed by atoms with Gasteiger partial charge in [0.25, 0.3) is 0 Å². The predicted octanol–water partition coefficient (Wildman–Crippen LogP) is 4.24. The Morgan fingerprint density at radius 1 is 1.21 bits per heavy atom. The molecule has 3 rings (SSSR count). The highest BCUT2D eigenvalue weighted by molar-refractivity contribution is 5.45. The lowest BCUT2D eigenvalue weighted by atomic mass is 9.70. The van der Waals surface area contributed by atoms with E-state index in [0.29, 0.717) is 11.3 Å². The summed E-state index contributed by atoms with van der Waals surface area (Å²) >= 11 is 0. The van der Waals surface area contributed by atoms with Crippen molar-refractivity contribution in [3.63, 3.8) is 0 Å². The van der Waals surface area contributed by atoms with Gasteiger partial charge in [-0.05, 0) is 47.6 Å². The van der Waals surface area contributed by atoms with E-state index in [-0.39, 0.29) is 10.8 Å². The maximum Gasteiger partial charge on any atom is 0.0730 e. The molecule has 0 aromatic carbocycles. The topological polar surface area (TPSA) is 25.8 Å². The summed E-state index contributed by atoms with van der Waals surface area (Å²) in [6.07, 6.45) is 3.60. The van der Waals surface area contributed by atoms with Crippen LogP contribution < -0.4 is 0 Å². The zero-order valence-electron chi connectivity index (χ0n) is 13.2. The van der Waals surface area contributed by atoms with E-state index in [1.165, 1.54) is 29.8 Å². The van der Waals surface area contributed by atoms with Crippen LogP contribution in [0.25, 0.3) is 0 Å². The molecule has 0 spiro atoms. The van der Waals surface area contributed by atoms with Crippen molar-refractivity contribution in [2.24, 2.45) is 10.8 Å². The van der Waals surface area contributed by atoms with Crippen molar-refractivity contribution in [3.05, 3.63) is 23.0 Å². The molecular weight excluding hydrogens is 232 g/mol. The summed E-state index contributed by atoms with van der Waals surface area (Å²) < 4.78 is 0. The Bertz CT molecular complexity index is 525. The summed E-state index contributed by atoms with van der Waals surface area (Å²) in [5.41, 5.74) is 4.79. The van der Waals surface area contributed by atoms with Gasteiger partial charge in [-0.15, -0.1) is 0 Å². The molecule has 0 saturated heterocycles. The van der Waals surface area contributed by atoms with E-state index in [2.05, 4.69) is 57.8 Å². The second kappa shape index (κ2) is 3.59. The van der Waals surface area contributed by atoms with Crippen LogP contribution in [0.1, 0.15) is 77.3 Å². The molecule has 1 aromatic heterocycles. The molecule has 0 N–H and O–H groups in total. The number of hydrogen-bond donors (Lipinski definition) is 0. The third-order valence-corrected chi connectivity index (χ3v) is 5.71. The van der Waals surface area contributed by atoms with E-state index >= 15 is 0 Å². The molecule has 2 heteroatoms. The molecule has 2 nitrogen and oxygen atoms in total. The first-order valence-electron chi connectivity index (χ1n) is 7.52. The normalized spacial score (nSPS) is 31.6. The largest absolute Gasteiger partial charge is 0.155 e. The molecule has 2 bridgehead atoms. The molecule has 2 aliphatic carbocycles. The van der Waals surface area contributed by atoms with Crippen LogP contribution in [0, 0.1) is 10.8 Å². The third kappa shape index (κ3) is 1.68. The van der Waals surface area contributed by atoms with Crippen LogP contribution in [-0.2, 0) is 11.8 Å². The van der Waals surface area contributed by atoms with Crippen LogP contribution in [0.5, 0.6) is 0 Å². The lowest BCUT2D eigenvalue weighted by molar-refractivity contribution is 0.226. The van der Waals surface area contributed by atoms with Crippen molar-refractivity contribution in [3.8, 4) is 0 Å². The first-order valence-corrected chi connectivity index (χ1v) is 7.52. The fraction of sp³-hybridized carbons (Fsp3) is 0.765. The Balaban J connectivity index is 2.04. The molecule has 1 saturated carbocycles. The van der Waals surface area contributed by atoms with E-state index in [9.17, 15) is 0 Å². The second-order valence-corrected chi connectivity index (χ2v) is 8.52. The molecule has 2 atom stereocenters. The van der Waals surface area contributed by atoms with Gasteiger partial charge < -0.3 is 0 Å². The van der Waals surface area contributed by atoms with Crippen LogP contribution in [-0.4, -0.2) is 10.2 Å². The average Bonchev–Trinajstić information content (AvgIpc) is 2.57. The molecule has 0 unspecified atom stereocenters. The molecule has 0 aliphatic heterocycles. The van der Waals surface area contributed by atoms with Crippen molar-refractivity contribution in [1.82, 2.24) is 10.2 Å². The van der Waals surface area contributed by atoms with Crippen LogP contribution >= 0.6 is 0 Å². The van der Waals surface area contributed by atoms with Gasteiger partial charge in [-0.3, -0.25) is 0 Å². The number of fused-ring (bicyclic) bond motifs is 5. The summed E-state index contributed by atoms with van der Waals surface area (Å²) in [6.45, 7) is 14.0. The average molecular weight is 258 g/mol. The Labute approximate surface area is 117 Å². The minimum Gasteiger partial charge on any atom is -0.155 e. The van der Waals surface area contributed by atoms with Crippen LogP contribution in [0.15, 0.2) is 6.07 Å². The Hall–Kier alpha value is -0.920. The lowest BCUT2D eigenvalue weighted by Gasteiger charge is -2.33. The predicted molar refractivity (Wildman–Crippen MR) is 78.3 cm³/mol. The van der Waals surface area contributed by atoms with Crippen LogP contribution in [0.3, 0.4) is 0 Å². The van der Waals surface area contributed by atoms with Crippen molar-refractivity contribution in [2.45, 2.75) is 72.1 Å². The van der Waals surface area contributed by atoms with Crippen molar-refractivity contribution < 1.29 is 0 Å². The molecule has 104 valence electrons. The van der Waals surface area contributed by atoms with E-state index < -0.39 is 0 Å². The fourth-order valence-corrected chi connectivity index (χ4v) is 4.24. The first-order chi connectivity index (χ1) is 8.65. The molecule has 1 fully saturated rings. The van der Waals surface area contributed by atoms with E-state index in [4.69, 9.17) is 0 Å². The van der Waals surface area contributed by atoms with E-state index in [0.717, 1.165) is 6.42 Å². The van der Waals surface area contributed by atoms with Gasteiger partial charge in [0, 0.05) is 5.41 Å². The van der Waals surface area contributed by atoms with Crippen molar-refractivity contribution in [1.29, 1.82) is 0 Å². The Kier molecular flexibility index (Phi) is 2.47. The minimum absolute atomic E-state index is 0.236. The molecule has 1 aromatic rings. The maximum absolute atomic E-state index is 4.64. The highest BCUT2D eigenvalue weighted by Crippen LogP contribution is 2.66. The smallest absolute Gasteiger partial charge is 0.0730 e. The van der Waals surface area contributed by atoms with Crippen LogP contribution in [0.4, 0.5) is 0 Å². The van der Waals surface area contributed by atoms with Gasteiger partial charge in [-0.25, -0.2) is 0 Å². The summed E-state index contributed by atoms with van der Waals surface area (Å²) in [5, 5.41) is 9.16. The van der Waals surface area contributed by atoms with Gasteiger partial charge in [0.15, 0.2) is 0 Å². The zero-order valence-corrected chi connectivity index (χ0v) is 13.2. The van der Waals surface area contributed by atoms with Crippen molar-refractivity contribution >= 4 is 0 Å². The Morgan fingerprint density at radius 3 is 2.53 bits per heavy atom. The van der Waals surface area contributed by atoms with Gasteiger partial charge in [0.05, 0.1) is 11.4 Å². The van der Waals surface area contributed by atoms with Crippen LogP contribution in [0.2, 0.25) is 0 Å². The molecular formula is C17H26N2. The first kappa shape index (κ1) is 13.1. The molecule has 19 heavy (non-hydrogen) atoms. The highest BCUT2D eigenvalue weighted by Gasteiger charge is 2.60. The number of nitrogens with zero attached hydrogens (tertiary/aromatic N) is 2. The van der Waals surface area contributed by atoms with E-state index in [1.807, 2.05) is 0 Å². The maximum atomic E-state index is 4.64. The van der Waals surface area contributed by atoms with Crippen molar-refractivity contribution in [2.75, 3.05) is 0 Å². The zero-order chi connectivity index (χ0) is 14.1. The number of aromatic nitrogens is 2. The van der Waals surface area contributed by atoms with Gasteiger partial charge >= 0.3 is 0 Å². The summed E-state index contributed by atoms with van der Waals surface area (Å²) in [7, 11) is 0. The third-order valence-electron chi connectivity index (χ3n) is 5.71. The summed E-state index contributed by atoms with van der Waals surface area (Å²) in [6, 6.07) is 2.35. The number of rotatable bonds is 1. The quantitative estimate of drug-likeness (QED) is 0.753. The van der Waals surface area contributed by atoms with Gasteiger partial charge in [-0.2, -0.15) is 10.2 Å². The molecule has 0 radical (unpaired) electrons. The summed E-state index contributed by atoms with van der Waals surface area (Å²) in [4.78, 5) is 0. The number of hydrogen-bond acceptors (Lipinski definition) is 2. The van der Waals surface area contributed by atoms with Gasteiger partial charge in [0.2, 0.25) is 0 Å². The Morgan fingerprint density at radius 2 is 1.89 bits per heavy atom. The molecule has 2 aliphatic rings. The summed E-state index contributed by atoms with van der Waals surface area (Å²) in [5.74, 6) is 0.682. The molecule has 0 amide bonds. The SMILES string of the molecule is CC(C)(C)Cc1cc2c(nn1)[C@@]1(C)CC[C@@H]2C1(C)C. The highest BCUT2D eigenvalue weighted by atomic mass is 15.1. The van der Waals surface area contributed by atoms with E-state index in [1.54, 1.807) is 0 Å². The fourth-order valence-electron chi connectivity index (χ4n) is 4.24. The monoisotopic (exact) mass is 258 g/mol. The molecule has 1 heterocycles. The lowest BCUT2D eigenvalue weighted by Crippen LogP contribution is -2.32. The van der Waals surface area contributed by atoms with Gasteiger partial charge in [-0.1, -0.05) is 41.5 Å².